The second-order valence-electron chi connectivity index (χ2n) is 5.12. The molecular formula is C13H15BrN2O2. The van der Waals surface area contributed by atoms with E-state index in [-0.39, 0.29) is 11.2 Å². The van der Waals surface area contributed by atoms with Gasteiger partial charge in [0.25, 0.3) is 0 Å². The fourth-order valence-corrected chi connectivity index (χ4v) is 3.57. The quantitative estimate of drug-likeness (QED) is 0.819. The van der Waals surface area contributed by atoms with E-state index < -0.39 is 0 Å². The highest BCUT2D eigenvalue weighted by Crippen LogP contribution is 2.41. The van der Waals surface area contributed by atoms with E-state index in [9.17, 15) is 4.79 Å². The zero-order valence-corrected chi connectivity index (χ0v) is 11.6. The number of rotatable bonds is 3. The predicted molar refractivity (Wildman–Crippen MR) is 73.0 cm³/mol. The first-order valence-electron chi connectivity index (χ1n) is 6.24. The fourth-order valence-electron chi connectivity index (χ4n) is 2.83. The van der Waals surface area contributed by atoms with E-state index in [1.54, 1.807) is 22.9 Å². The largest absolute Gasteiger partial charge is 0.421 e. The van der Waals surface area contributed by atoms with Crippen LogP contribution in [0.1, 0.15) is 25.7 Å². The van der Waals surface area contributed by atoms with Gasteiger partial charge in [-0.05, 0) is 30.4 Å². The molecule has 0 saturated heterocycles. The van der Waals surface area contributed by atoms with Crippen LogP contribution < -0.4 is 5.76 Å². The van der Waals surface area contributed by atoms with Crippen molar-refractivity contribution in [2.75, 3.05) is 5.33 Å². The molecule has 0 N–H and O–H groups in total. The molecule has 0 atom stereocenters. The third-order valence-corrected chi connectivity index (χ3v) is 5.05. The maximum atomic E-state index is 11.9. The van der Waals surface area contributed by atoms with Crippen molar-refractivity contribution in [2.45, 2.75) is 32.2 Å². The van der Waals surface area contributed by atoms with Crippen molar-refractivity contribution in [2.24, 2.45) is 5.41 Å². The molecular weight excluding hydrogens is 296 g/mol. The number of fused-ring (bicyclic) bond motifs is 1. The molecule has 1 fully saturated rings. The number of aromatic nitrogens is 2. The first kappa shape index (κ1) is 12.0. The summed E-state index contributed by atoms with van der Waals surface area (Å²) in [6, 6.07) is 3.57. The molecule has 4 nitrogen and oxygen atoms in total. The third-order valence-electron chi connectivity index (χ3n) is 3.87. The Morgan fingerprint density at radius 1 is 1.44 bits per heavy atom. The average molecular weight is 311 g/mol. The van der Waals surface area contributed by atoms with Crippen molar-refractivity contribution in [1.29, 1.82) is 0 Å². The zero-order valence-electron chi connectivity index (χ0n) is 10.1. The van der Waals surface area contributed by atoms with Gasteiger partial charge in [0.2, 0.25) is 0 Å². The monoisotopic (exact) mass is 310 g/mol. The van der Waals surface area contributed by atoms with Gasteiger partial charge in [-0.3, -0.25) is 4.57 Å². The Kier molecular flexibility index (Phi) is 3.01. The van der Waals surface area contributed by atoms with Crippen molar-refractivity contribution in [3.05, 3.63) is 28.9 Å². The summed E-state index contributed by atoms with van der Waals surface area (Å²) in [7, 11) is 0. The molecule has 0 amide bonds. The Hall–Kier alpha value is -1.10. The normalized spacial score (nSPS) is 18.5. The lowest BCUT2D eigenvalue weighted by Gasteiger charge is -2.26. The van der Waals surface area contributed by atoms with Crippen LogP contribution in [-0.2, 0) is 6.54 Å². The topological polar surface area (TPSA) is 48.0 Å². The molecule has 3 rings (SSSR count). The lowest BCUT2D eigenvalue weighted by Crippen LogP contribution is -2.30. The average Bonchev–Trinajstić information content (AvgIpc) is 2.97. The van der Waals surface area contributed by atoms with Gasteiger partial charge in [-0.1, -0.05) is 28.8 Å². The van der Waals surface area contributed by atoms with E-state index in [1.165, 1.54) is 12.8 Å². The Morgan fingerprint density at radius 3 is 2.94 bits per heavy atom. The van der Waals surface area contributed by atoms with E-state index >= 15 is 0 Å². The lowest BCUT2D eigenvalue weighted by atomic mass is 9.89. The maximum Gasteiger partial charge on any atom is 0.421 e. The Balaban J connectivity index is 2.04. The highest BCUT2D eigenvalue weighted by atomic mass is 79.9. The Morgan fingerprint density at radius 2 is 2.22 bits per heavy atom. The van der Waals surface area contributed by atoms with Crippen LogP contribution in [0, 0.1) is 5.41 Å². The molecule has 18 heavy (non-hydrogen) atoms. The minimum Gasteiger partial charge on any atom is -0.406 e. The molecule has 1 saturated carbocycles. The van der Waals surface area contributed by atoms with Gasteiger partial charge < -0.3 is 4.42 Å². The molecule has 2 aromatic rings. The molecule has 0 radical (unpaired) electrons. The summed E-state index contributed by atoms with van der Waals surface area (Å²) in [6.07, 6.45) is 6.49. The van der Waals surface area contributed by atoms with Gasteiger partial charge in [0.05, 0.1) is 0 Å². The van der Waals surface area contributed by atoms with Gasteiger partial charge in [-0.2, -0.15) is 0 Å². The van der Waals surface area contributed by atoms with E-state index in [2.05, 4.69) is 20.9 Å². The molecule has 1 aliphatic rings. The molecule has 0 unspecified atom stereocenters. The summed E-state index contributed by atoms with van der Waals surface area (Å²) >= 11 is 3.60. The second-order valence-corrected chi connectivity index (χ2v) is 5.68. The van der Waals surface area contributed by atoms with Crippen LogP contribution in [0.3, 0.4) is 0 Å². The van der Waals surface area contributed by atoms with Crippen LogP contribution >= 0.6 is 15.9 Å². The number of halogens is 1. The number of hydrogen-bond donors (Lipinski definition) is 0. The third kappa shape index (κ3) is 1.90. The second kappa shape index (κ2) is 4.53. The fraction of sp³-hybridized carbons (Fsp3) is 0.538. The zero-order chi connectivity index (χ0) is 12.6. The van der Waals surface area contributed by atoms with Gasteiger partial charge in [-0.15, -0.1) is 0 Å². The molecule has 0 aliphatic heterocycles. The van der Waals surface area contributed by atoms with Crippen LogP contribution in [0.2, 0.25) is 0 Å². The number of pyridine rings is 1. The summed E-state index contributed by atoms with van der Waals surface area (Å²) in [5.41, 5.74) is 1.41. The summed E-state index contributed by atoms with van der Waals surface area (Å²) in [5, 5.41) is 0.923. The van der Waals surface area contributed by atoms with Crippen molar-refractivity contribution in [1.82, 2.24) is 9.55 Å². The number of alkyl halides is 1. The molecule has 0 spiro atoms. The standard InChI is InChI=1S/C13H15BrN2O2/c14-8-13(5-1-2-6-13)9-16-11-10(18-12(16)17)4-3-7-15-11/h3-4,7H,1-2,5-6,8-9H2. The lowest BCUT2D eigenvalue weighted by molar-refractivity contribution is 0.283. The predicted octanol–water partition coefficient (Wildman–Crippen LogP) is 2.94. The molecule has 1 aliphatic carbocycles. The smallest absolute Gasteiger partial charge is 0.406 e. The molecule has 96 valence electrons. The highest BCUT2D eigenvalue weighted by Gasteiger charge is 2.34. The first-order chi connectivity index (χ1) is 8.74. The molecule has 0 aromatic carbocycles. The van der Waals surface area contributed by atoms with Gasteiger partial charge >= 0.3 is 5.76 Å². The minimum atomic E-state index is -0.295. The van der Waals surface area contributed by atoms with Gasteiger partial charge in [0, 0.05) is 18.1 Å². The summed E-state index contributed by atoms with van der Waals surface area (Å²) < 4.78 is 6.91. The van der Waals surface area contributed by atoms with E-state index in [1.807, 2.05) is 0 Å². The Labute approximate surface area is 113 Å². The van der Waals surface area contributed by atoms with Crippen LogP contribution in [0.4, 0.5) is 0 Å². The van der Waals surface area contributed by atoms with E-state index in [0.29, 0.717) is 17.8 Å². The van der Waals surface area contributed by atoms with Gasteiger partial charge in [0.1, 0.15) is 0 Å². The summed E-state index contributed by atoms with van der Waals surface area (Å²) in [6.45, 7) is 0.696. The molecule has 2 heterocycles. The Bertz CT molecular complexity index is 611. The number of nitrogens with zero attached hydrogens (tertiary/aromatic N) is 2. The van der Waals surface area contributed by atoms with Crippen LogP contribution in [0.15, 0.2) is 27.5 Å². The minimum absolute atomic E-state index is 0.179. The van der Waals surface area contributed by atoms with Crippen LogP contribution in [-0.4, -0.2) is 14.9 Å². The van der Waals surface area contributed by atoms with Crippen LogP contribution in [0.25, 0.3) is 11.2 Å². The number of hydrogen-bond acceptors (Lipinski definition) is 3. The van der Waals surface area contributed by atoms with E-state index in [4.69, 9.17) is 4.42 Å². The number of oxazole rings is 1. The van der Waals surface area contributed by atoms with E-state index in [0.717, 1.165) is 18.2 Å². The van der Waals surface area contributed by atoms with Crippen molar-refractivity contribution in [3.63, 3.8) is 0 Å². The summed E-state index contributed by atoms with van der Waals surface area (Å²) in [4.78, 5) is 16.2. The molecule has 0 bridgehead atoms. The summed E-state index contributed by atoms with van der Waals surface area (Å²) in [5.74, 6) is -0.295. The van der Waals surface area contributed by atoms with Crippen LogP contribution in [0.5, 0.6) is 0 Å². The maximum absolute atomic E-state index is 11.9. The van der Waals surface area contributed by atoms with Crippen molar-refractivity contribution >= 4 is 27.2 Å². The molecule has 2 aromatic heterocycles. The SMILES string of the molecule is O=c1oc2cccnc2n1CC1(CBr)CCCC1. The van der Waals surface area contributed by atoms with Gasteiger partial charge in [0.15, 0.2) is 11.2 Å². The van der Waals surface area contributed by atoms with Crippen molar-refractivity contribution in [3.8, 4) is 0 Å². The molecule has 5 heteroatoms. The highest BCUT2D eigenvalue weighted by molar-refractivity contribution is 9.09. The van der Waals surface area contributed by atoms with Gasteiger partial charge in [-0.25, -0.2) is 9.78 Å². The first-order valence-corrected chi connectivity index (χ1v) is 7.37. The van der Waals surface area contributed by atoms with Crippen molar-refractivity contribution < 1.29 is 4.42 Å².